The molecule has 0 unspecified atom stereocenters. The lowest BCUT2D eigenvalue weighted by atomic mass is 10.3. The van der Waals surface area contributed by atoms with Crippen molar-refractivity contribution in [1.29, 1.82) is 0 Å². The topological polar surface area (TPSA) is 90.7 Å². The van der Waals surface area contributed by atoms with Crippen LogP contribution in [-0.4, -0.2) is 36.7 Å². The predicted octanol–water partition coefficient (Wildman–Crippen LogP) is 2.40. The number of amides is 1. The van der Waals surface area contributed by atoms with E-state index in [0.717, 1.165) is 0 Å². The summed E-state index contributed by atoms with van der Waals surface area (Å²) in [6.07, 6.45) is -0.699. The summed E-state index contributed by atoms with van der Waals surface area (Å²) >= 11 is 5.39. The molecular formula is C11H13ClN2O5. The van der Waals surface area contributed by atoms with Gasteiger partial charge in [-0.15, -0.1) is 11.6 Å². The summed E-state index contributed by atoms with van der Waals surface area (Å²) in [5.41, 5.74) is 0.184. The van der Waals surface area contributed by atoms with Crippen LogP contribution in [0.15, 0.2) is 24.3 Å². The third-order valence-corrected chi connectivity index (χ3v) is 2.14. The average molecular weight is 289 g/mol. The van der Waals surface area contributed by atoms with E-state index >= 15 is 0 Å². The smallest absolute Gasteiger partial charge is 0.411 e. The van der Waals surface area contributed by atoms with Crippen LogP contribution in [0.5, 0.6) is 0 Å². The minimum atomic E-state index is -0.699. The lowest BCUT2D eigenvalue weighted by Crippen LogP contribution is -2.17. The highest BCUT2D eigenvalue weighted by atomic mass is 35.5. The summed E-state index contributed by atoms with van der Waals surface area (Å²) in [6.45, 7) is 0.712. The molecule has 0 bridgehead atoms. The summed E-state index contributed by atoms with van der Waals surface area (Å²) in [4.78, 5) is 21.3. The van der Waals surface area contributed by atoms with Crippen molar-refractivity contribution in [2.45, 2.75) is 0 Å². The Morgan fingerprint density at radius 3 is 2.84 bits per heavy atom. The zero-order valence-electron chi connectivity index (χ0n) is 10.0. The summed E-state index contributed by atoms with van der Waals surface area (Å²) in [7, 11) is 0. The molecule has 8 heteroatoms. The number of anilines is 1. The van der Waals surface area contributed by atoms with E-state index < -0.39 is 11.0 Å². The second-order valence-corrected chi connectivity index (χ2v) is 3.75. The normalized spacial score (nSPS) is 9.95. The first-order chi connectivity index (χ1) is 9.13. The van der Waals surface area contributed by atoms with Crippen molar-refractivity contribution >= 4 is 29.1 Å². The van der Waals surface area contributed by atoms with Gasteiger partial charge in [-0.2, -0.15) is 0 Å². The van der Waals surface area contributed by atoms with E-state index in [-0.39, 0.29) is 18.9 Å². The molecule has 1 aromatic carbocycles. The van der Waals surface area contributed by atoms with Gasteiger partial charge in [0.1, 0.15) is 6.61 Å². The number of nitro benzene ring substituents is 1. The van der Waals surface area contributed by atoms with Crippen molar-refractivity contribution in [3.05, 3.63) is 34.4 Å². The highest BCUT2D eigenvalue weighted by molar-refractivity contribution is 6.17. The van der Waals surface area contributed by atoms with Crippen LogP contribution in [0.4, 0.5) is 16.2 Å². The van der Waals surface area contributed by atoms with E-state index in [1.54, 1.807) is 0 Å². The van der Waals surface area contributed by atoms with E-state index in [1.807, 2.05) is 0 Å². The van der Waals surface area contributed by atoms with Gasteiger partial charge in [0.15, 0.2) is 0 Å². The van der Waals surface area contributed by atoms with Gasteiger partial charge < -0.3 is 9.47 Å². The number of halogens is 1. The predicted molar refractivity (Wildman–Crippen MR) is 69.6 cm³/mol. The molecule has 1 rings (SSSR count). The number of ether oxygens (including phenoxy) is 2. The number of hydrogen-bond donors (Lipinski definition) is 1. The molecule has 0 aliphatic carbocycles. The maximum Gasteiger partial charge on any atom is 0.411 e. The molecule has 0 atom stereocenters. The quantitative estimate of drug-likeness (QED) is 0.360. The third kappa shape index (κ3) is 6.03. The Labute approximate surface area is 114 Å². The third-order valence-electron chi connectivity index (χ3n) is 1.99. The van der Waals surface area contributed by atoms with Crippen LogP contribution in [0.25, 0.3) is 0 Å². The first kappa shape index (κ1) is 15.2. The van der Waals surface area contributed by atoms with Crippen molar-refractivity contribution in [3.63, 3.8) is 0 Å². The molecule has 0 heterocycles. The number of carbonyl (C=O) groups excluding carboxylic acids is 1. The minimum absolute atomic E-state index is 0.0810. The molecule has 1 amide bonds. The van der Waals surface area contributed by atoms with Gasteiger partial charge in [-0.1, -0.05) is 6.07 Å². The van der Waals surface area contributed by atoms with E-state index in [2.05, 4.69) is 5.32 Å². The second kappa shape index (κ2) is 8.28. The fraction of sp³-hybridized carbons (Fsp3) is 0.364. The van der Waals surface area contributed by atoms with E-state index in [4.69, 9.17) is 21.1 Å². The zero-order chi connectivity index (χ0) is 14.1. The van der Waals surface area contributed by atoms with Gasteiger partial charge in [0.2, 0.25) is 0 Å². The molecule has 104 valence electrons. The minimum Gasteiger partial charge on any atom is -0.447 e. The zero-order valence-corrected chi connectivity index (χ0v) is 10.8. The number of nitro groups is 1. The van der Waals surface area contributed by atoms with Crippen LogP contribution in [0.3, 0.4) is 0 Å². The van der Waals surface area contributed by atoms with E-state index in [9.17, 15) is 14.9 Å². The number of carbonyl (C=O) groups is 1. The molecule has 0 saturated carbocycles. The highest BCUT2D eigenvalue weighted by Crippen LogP contribution is 2.16. The van der Waals surface area contributed by atoms with Crippen molar-refractivity contribution in [2.75, 3.05) is 31.0 Å². The number of hydrogen-bond acceptors (Lipinski definition) is 5. The Balaban J connectivity index is 2.35. The summed E-state index contributed by atoms with van der Waals surface area (Å²) < 4.78 is 9.81. The Morgan fingerprint density at radius 2 is 2.16 bits per heavy atom. The molecule has 0 aliphatic rings. The SMILES string of the molecule is O=C(Nc1cccc([N+](=O)[O-])c1)OCCOCCCl. The molecule has 7 nitrogen and oxygen atoms in total. The largest absolute Gasteiger partial charge is 0.447 e. The number of nitrogens with zero attached hydrogens (tertiary/aromatic N) is 1. The number of non-ortho nitro benzene ring substituents is 1. The fourth-order valence-corrected chi connectivity index (χ4v) is 1.31. The average Bonchev–Trinajstić information content (AvgIpc) is 2.38. The molecule has 19 heavy (non-hydrogen) atoms. The summed E-state index contributed by atoms with van der Waals surface area (Å²) in [6, 6.07) is 5.57. The fourth-order valence-electron chi connectivity index (χ4n) is 1.20. The number of nitrogens with one attached hydrogen (secondary N) is 1. The van der Waals surface area contributed by atoms with Crippen molar-refractivity contribution in [2.24, 2.45) is 0 Å². The van der Waals surface area contributed by atoms with Crippen LogP contribution in [0.1, 0.15) is 0 Å². The van der Waals surface area contributed by atoms with E-state index in [1.165, 1.54) is 24.3 Å². The lowest BCUT2D eigenvalue weighted by Gasteiger charge is -2.07. The first-order valence-corrected chi connectivity index (χ1v) is 5.99. The summed E-state index contributed by atoms with van der Waals surface area (Å²) in [5.74, 6) is 0.375. The molecule has 1 aromatic rings. The maximum absolute atomic E-state index is 11.3. The Kier molecular flexibility index (Phi) is 6.62. The molecule has 0 radical (unpaired) electrons. The molecule has 0 aromatic heterocycles. The Bertz CT molecular complexity index is 441. The lowest BCUT2D eigenvalue weighted by molar-refractivity contribution is -0.384. The van der Waals surface area contributed by atoms with Gasteiger partial charge in [-0.05, 0) is 6.07 Å². The molecule has 0 spiro atoms. The number of rotatable bonds is 7. The van der Waals surface area contributed by atoms with Gasteiger partial charge in [-0.25, -0.2) is 4.79 Å². The number of alkyl halides is 1. The molecule has 0 aliphatic heterocycles. The second-order valence-electron chi connectivity index (χ2n) is 3.37. The van der Waals surface area contributed by atoms with Crippen LogP contribution < -0.4 is 5.32 Å². The molecule has 0 fully saturated rings. The van der Waals surface area contributed by atoms with Gasteiger partial charge >= 0.3 is 6.09 Å². The van der Waals surface area contributed by atoms with Crippen molar-refractivity contribution in [3.8, 4) is 0 Å². The Morgan fingerprint density at radius 1 is 1.37 bits per heavy atom. The van der Waals surface area contributed by atoms with Crippen molar-refractivity contribution in [1.82, 2.24) is 0 Å². The van der Waals surface area contributed by atoms with Crippen LogP contribution in [0, 0.1) is 10.1 Å². The standard InChI is InChI=1S/C11H13ClN2O5/c12-4-5-18-6-7-19-11(15)13-9-2-1-3-10(8-9)14(16)17/h1-3,8H,4-7H2,(H,13,15). The van der Waals surface area contributed by atoms with Gasteiger partial charge in [0.05, 0.1) is 23.8 Å². The highest BCUT2D eigenvalue weighted by Gasteiger charge is 2.08. The van der Waals surface area contributed by atoms with Gasteiger partial charge in [0, 0.05) is 18.0 Å². The first-order valence-electron chi connectivity index (χ1n) is 5.45. The Hall–Kier alpha value is -1.86. The van der Waals surface area contributed by atoms with Crippen LogP contribution >= 0.6 is 11.6 Å². The maximum atomic E-state index is 11.3. The monoisotopic (exact) mass is 288 g/mol. The number of benzene rings is 1. The van der Waals surface area contributed by atoms with E-state index in [0.29, 0.717) is 18.2 Å². The van der Waals surface area contributed by atoms with Crippen LogP contribution in [-0.2, 0) is 9.47 Å². The van der Waals surface area contributed by atoms with Gasteiger partial charge in [0.25, 0.3) is 5.69 Å². The van der Waals surface area contributed by atoms with Crippen molar-refractivity contribution < 1.29 is 19.2 Å². The van der Waals surface area contributed by atoms with Crippen LogP contribution in [0.2, 0.25) is 0 Å². The molecular weight excluding hydrogens is 276 g/mol. The molecule has 1 N–H and O–H groups in total. The molecule has 0 saturated heterocycles. The summed E-state index contributed by atoms with van der Waals surface area (Å²) in [5, 5.41) is 12.9. The van der Waals surface area contributed by atoms with Gasteiger partial charge in [-0.3, -0.25) is 15.4 Å².